The van der Waals surface area contributed by atoms with Gasteiger partial charge in [0.2, 0.25) is 21.7 Å². The average molecular weight is 554 g/mol. The molecule has 1 atom stereocenters. The Kier molecular flexibility index (Phi) is 8.25. The van der Waals surface area contributed by atoms with Crippen LogP contribution in [0.4, 0.5) is 8.78 Å². The maximum Gasteiger partial charge on any atom is 0.296 e. The van der Waals surface area contributed by atoms with E-state index in [1.807, 2.05) is 13.8 Å². The summed E-state index contributed by atoms with van der Waals surface area (Å²) in [5, 5.41) is 11.4. The van der Waals surface area contributed by atoms with Crippen LogP contribution < -0.4 is 5.56 Å². The fourth-order valence-corrected chi connectivity index (χ4v) is 5.99. The highest BCUT2D eigenvalue weighted by Gasteiger charge is 2.32. The van der Waals surface area contributed by atoms with E-state index in [-0.39, 0.29) is 10.7 Å². The van der Waals surface area contributed by atoms with Crippen LogP contribution in [-0.4, -0.2) is 28.1 Å². The fraction of sp³-hybridized carbons (Fsp3) is 0.276. The lowest BCUT2D eigenvalue weighted by atomic mass is 10.0. The van der Waals surface area contributed by atoms with Gasteiger partial charge < -0.3 is 5.11 Å². The van der Waals surface area contributed by atoms with E-state index in [9.17, 15) is 27.1 Å². The minimum Gasteiger partial charge on any atom is -0.493 e. The number of pyridine rings is 1. The van der Waals surface area contributed by atoms with Gasteiger partial charge in [-0.15, -0.1) is 0 Å². The number of hydrogen-bond acceptors (Lipinski definition) is 6. The Bertz CT molecular complexity index is 1650. The van der Waals surface area contributed by atoms with Crippen LogP contribution in [0.3, 0.4) is 0 Å². The van der Waals surface area contributed by atoms with Crippen molar-refractivity contribution in [2.45, 2.75) is 62.3 Å². The smallest absolute Gasteiger partial charge is 0.296 e. The van der Waals surface area contributed by atoms with Crippen LogP contribution in [0.25, 0.3) is 11.1 Å². The molecule has 0 radical (unpaired) electrons. The highest BCUT2D eigenvalue weighted by atomic mass is 32.2. The number of aryl methyl sites for hydroxylation is 2. The third-order valence-corrected chi connectivity index (χ3v) is 8.42. The van der Waals surface area contributed by atoms with Crippen molar-refractivity contribution in [1.29, 1.82) is 0 Å². The minimum absolute atomic E-state index is 0.212. The number of hydrogen-bond donors (Lipinski definition) is 1. The average Bonchev–Trinajstić information content (AvgIpc) is 2.90. The maximum atomic E-state index is 13.7. The quantitative estimate of drug-likeness (QED) is 0.264. The molecule has 1 N–H and O–H groups in total. The molecule has 0 aliphatic heterocycles. The summed E-state index contributed by atoms with van der Waals surface area (Å²) in [5.74, 6) is -1.51. The zero-order chi connectivity index (χ0) is 28.3. The summed E-state index contributed by atoms with van der Waals surface area (Å²) in [5.41, 5.74) is 1.25. The van der Waals surface area contributed by atoms with Crippen molar-refractivity contribution < 1.29 is 22.3 Å². The molecular formula is C29H29F2N3O4S. The van der Waals surface area contributed by atoms with E-state index in [1.165, 1.54) is 47.0 Å². The molecule has 0 fully saturated rings. The van der Waals surface area contributed by atoms with E-state index in [1.54, 1.807) is 25.1 Å². The maximum absolute atomic E-state index is 13.7. The molecule has 204 valence electrons. The lowest BCUT2D eigenvalue weighted by Gasteiger charge is -2.25. The molecule has 0 saturated carbocycles. The van der Waals surface area contributed by atoms with Crippen LogP contribution in [0.2, 0.25) is 0 Å². The lowest BCUT2D eigenvalue weighted by molar-refractivity contribution is 0.358. The number of aromatic hydroxyl groups is 1. The molecule has 39 heavy (non-hydrogen) atoms. The number of aromatic nitrogens is 3. The third-order valence-electron chi connectivity index (χ3n) is 6.64. The second kappa shape index (κ2) is 11.4. The van der Waals surface area contributed by atoms with E-state index in [2.05, 4.69) is 9.97 Å². The van der Waals surface area contributed by atoms with Crippen LogP contribution in [0.5, 0.6) is 5.88 Å². The van der Waals surface area contributed by atoms with Gasteiger partial charge in [-0.3, -0.25) is 9.36 Å². The van der Waals surface area contributed by atoms with Crippen LogP contribution in [0, 0.1) is 18.7 Å². The Morgan fingerprint density at radius 1 is 0.949 bits per heavy atom. The molecule has 0 aliphatic rings. The van der Waals surface area contributed by atoms with Crippen LogP contribution in [0.15, 0.2) is 75.2 Å². The van der Waals surface area contributed by atoms with Gasteiger partial charge in [0.15, 0.2) is 4.90 Å². The standard InChI is InChI=1S/C29H29F2N3O4S/c1-4-6-7-26-33-28(35)27(29(36)34(26)24(5-2)20-8-12-21(30)13-9-20)39(37,38)22-14-10-19(11-15-22)23-16-17-25(31)32-18(23)3/h8-17,24,36H,4-7H2,1-3H3/t24-/m0/s1. The first-order chi connectivity index (χ1) is 18.6. The van der Waals surface area contributed by atoms with Gasteiger partial charge in [-0.25, -0.2) is 17.8 Å². The number of halogens is 2. The van der Waals surface area contributed by atoms with Crippen molar-refractivity contribution in [1.82, 2.24) is 14.5 Å². The first-order valence-corrected chi connectivity index (χ1v) is 14.1. The number of rotatable bonds is 9. The van der Waals surface area contributed by atoms with Gasteiger partial charge in [0.05, 0.1) is 10.9 Å². The normalized spacial score (nSPS) is 12.4. The number of sulfone groups is 1. The zero-order valence-electron chi connectivity index (χ0n) is 21.9. The van der Waals surface area contributed by atoms with E-state index in [0.29, 0.717) is 41.6 Å². The molecule has 0 amide bonds. The summed E-state index contributed by atoms with van der Waals surface area (Å²) in [6.07, 6.45) is 2.22. The lowest BCUT2D eigenvalue weighted by Crippen LogP contribution is -2.27. The van der Waals surface area contributed by atoms with E-state index in [4.69, 9.17) is 0 Å². The van der Waals surface area contributed by atoms with Gasteiger partial charge in [0.1, 0.15) is 11.6 Å². The molecule has 2 heterocycles. The first kappa shape index (κ1) is 28.1. The molecule has 7 nitrogen and oxygen atoms in total. The molecule has 2 aromatic carbocycles. The van der Waals surface area contributed by atoms with Crippen molar-refractivity contribution in [3.05, 3.63) is 99.9 Å². The molecule has 0 aliphatic carbocycles. The van der Waals surface area contributed by atoms with Gasteiger partial charge in [0, 0.05) is 17.7 Å². The van der Waals surface area contributed by atoms with Crippen molar-refractivity contribution in [3.63, 3.8) is 0 Å². The molecule has 0 bridgehead atoms. The minimum atomic E-state index is -4.49. The second-order valence-corrected chi connectivity index (χ2v) is 11.1. The molecule has 0 unspecified atom stereocenters. The molecule has 4 rings (SSSR count). The number of nitrogens with zero attached hydrogens (tertiary/aromatic N) is 3. The van der Waals surface area contributed by atoms with Gasteiger partial charge in [0.25, 0.3) is 5.56 Å². The summed E-state index contributed by atoms with van der Waals surface area (Å²) in [4.78, 5) is 20.0. The van der Waals surface area contributed by atoms with Crippen molar-refractivity contribution in [2.24, 2.45) is 0 Å². The largest absolute Gasteiger partial charge is 0.493 e. The summed E-state index contributed by atoms with van der Waals surface area (Å²) >= 11 is 0. The first-order valence-electron chi connectivity index (χ1n) is 12.7. The predicted octanol–water partition coefficient (Wildman–Crippen LogP) is 5.77. The highest BCUT2D eigenvalue weighted by molar-refractivity contribution is 7.91. The zero-order valence-corrected chi connectivity index (χ0v) is 22.7. The van der Waals surface area contributed by atoms with Gasteiger partial charge in [-0.2, -0.15) is 9.37 Å². The summed E-state index contributed by atoms with van der Waals surface area (Å²) in [6, 6.07) is 13.6. The highest BCUT2D eigenvalue weighted by Crippen LogP contribution is 2.34. The molecule has 10 heteroatoms. The second-order valence-electron chi connectivity index (χ2n) is 9.23. The third kappa shape index (κ3) is 5.61. The Morgan fingerprint density at radius 3 is 2.21 bits per heavy atom. The number of benzene rings is 2. The summed E-state index contributed by atoms with van der Waals surface area (Å²) in [7, 11) is -4.49. The van der Waals surface area contributed by atoms with Crippen molar-refractivity contribution >= 4 is 9.84 Å². The van der Waals surface area contributed by atoms with E-state index >= 15 is 0 Å². The van der Waals surface area contributed by atoms with Crippen LogP contribution in [-0.2, 0) is 16.3 Å². The predicted molar refractivity (Wildman–Crippen MR) is 143 cm³/mol. The molecule has 0 saturated heterocycles. The Labute approximate surface area is 225 Å². The Hall–Kier alpha value is -3.92. The summed E-state index contributed by atoms with van der Waals surface area (Å²) < 4.78 is 55.8. The van der Waals surface area contributed by atoms with Crippen molar-refractivity contribution in [3.8, 4) is 17.0 Å². The molecule has 0 spiro atoms. The molecule has 2 aromatic heterocycles. The topological polar surface area (TPSA) is 102 Å². The van der Waals surface area contributed by atoms with Crippen LogP contribution in [0.1, 0.15) is 56.2 Å². The number of unbranched alkanes of at least 4 members (excludes halogenated alkanes) is 1. The monoisotopic (exact) mass is 553 g/mol. The van der Waals surface area contributed by atoms with E-state index < -0.39 is 44.0 Å². The Balaban J connectivity index is 1.85. The summed E-state index contributed by atoms with van der Waals surface area (Å²) in [6.45, 7) is 5.44. The molecule has 4 aromatic rings. The van der Waals surface area contributed by atoms with Crippen molar-refractivity contribution in [2.75, 3.05) is 0 Å². The van der Waals surface area contributed by atoms with Gasteiger partial charge in [-0.1, -0.05) is 44.5 Å². The van der Waals surface area contributed by atoms with Gasteiger partial charge >= 0.3 is 0 Å². The fourth-order valence-electron chi connectivity index (χ4n) is 4.64. The van der Waals surface area contributed by atoms with Gasteiger partial charge in [-0.05, 0) is 67.3 Å². The molecular weight excluding hydrogens is 524 g/mol. The Morgan fingerprint density at radius 2 is 1.62 bits per heavy atom. The van der Waals surface area contributed by atoms with Crippen LogP contribution >= 0.6 is 0 Å². The SMILES string of the molecule is CCCCc1nc(=O)c(S(=O)(=O)c2ccc(-c3ccc(F)nc3C)cc2)c(O)n1[C@@H](CC)c1ccc(F)cc1. The van der Waals surface area contributed by atoms with E-state index in [0.717, 1.165) is 6.42 Å².